The van der Waals surface area contributed by atoms with Crippen LogP contribution in [0, 0.1) is 0 Å². The minimum Gasteiger partial charge on any atom is -0.309 e. The Labute approximate surface area is 259 Å². The van der Waals surface area contributed by atoms with Crippen LogP contribution in [-0.4, -0.2) is 0 Å². The summed E-state index contributed by atoms with van der Waals surface area (Å²) in [6.07, 6.45) is 0. The average molecular weight is 578 g/mol. The van der Waals surface area contributed by atoms with Gasteiger partial charge in [0.15, 0.2) is 0 Å². The van der Waals surface area contributed by atoms with Crippen molar-refractivity contribution in [2.45, 2.75) is 0 Å². The van der Waals surface area contributed by atoms with Crippen molar-refractivity contribution in [2.75, 3.05) is 4.90 Å². The number of rotatable bonds is 4. The molecule has 1 aromatic heterocycles. The van der Waals surface area contributed by atoms with Crippen molar-refractivity contribution < 1.29 is 0 Å². The smallest absolute Gasteiger partial charge is 0.0640 e. The standard InChI is InChI=1S/C42H27NS/c1-2-9-28(10-3-1)29-21-23-33(24-22-29)43(39-15-8-14-38-37-13-6-7-16-40(37)44-42(38)39)34-25-26-36-32(27-34)20-19-31-18-17-30-11-4-5-12-35(30)41(31)36/h1-27H. The van der Waals surface area contributed by atoms with E-state index in [2.05, 4.69) is 169 Å². The van der Waals surface area contributed by atoms with E-state index < -0.39 is 0 Å². The van der Waals surface area contributed by atoms with E-state index in [1.165, 1.54) is 69.3 Å². The van der Waals surface area contributed by atoms with Gasteiger partial charge in [-0.05, 0) is 79.8 Å². The predicted octanol–water partition coefficient (Wildman–Crippen LogP) is 12.7. The normalized spacial score (nSPS) is 11.6. The highest BCUT2D eigenvalue weighted by atomic mass is 32.1. The first-order valence-electron chi connectivity index (χ1n) is 15.0. The van der Waals surface area contributed by atoms with Gasteiger partial charge in [0.25, 0.3) is 0 Å². The lowest BCUT2D eigenvalue weighted by atomic mass is 9.96. The highest BCUT2D eigenvalue weighted by Crippen LogP contribution is 2.46. The molecule has 0 radical (unpaired) electrons. The predicted molar refractivity (Wildman–Crippen MR) is 192 cm³/mol. The third kappa shape index (κ3) is 4.00. The van der Waals surface area contributed by atoms with E-state index in [4.69, 9.17) is 0 Å². The molecule has 0 saturated heterocycles. The highest BCUT2D eigenvalue weighted by molar-refractivity contribution is 7.26. The van der Waals surface area contributed by atoms with Gasteiger partial charge in [-0.1, -0.05) is 127 Å². The van der Waals surface area contributed by atoms with Crippen LogP contribution in [0.1, 0.15) is 0 Å². The zero-order valence-electron chi connectivity index (χ0n) is 23.9. The first kappa shape index (κ1) is 25.1. The summed E-state index contributed by atoms with van der Waals surface area (Å²) in [4.78, 5) is 2.43. The topological polar surface area (TPSA) is 3.24 Å². The molecule has 0 aliphatic carbocycles. The SMILES string of the molecule is c1ccc(-c2ccc(N(c3ccc4c(ccc5ccc6ccccc6c54)c3)c3cccc4c3sc3ccccc34)cc2)cc1. The van der Waals surface area contributed by atoms with Crippen molar-refractivity contribution in [3.63, 3.8) is 0 Å². The van der Waals surface area contributed by atoms with E-state index in [1.807, 2.05) is 11.3 Å². The summed E-state index contributed by atoms with van der Waals surface area (Å²) in [5.41, 5.74) is 5.92. The van der Waals surface area contributed by atoms with Crippen LogP contribution in [0.5, 0.6) is 0 Å². The van der Waals surface area contributed by atoms with Crippen LogP contribution in [-0.2, 0) is 0 Å². The van der Waals surface area contributed by atoms with Crippen molar-refractivity contribution in [3.05, 3.63) is 164 Å². The third-order valence-corrected chi connectivity index (χ3v) is 10.0. The molecule has 1 nitrogen and oxygen atoms in total. The van der Waals surface area contributed by atoms with Crippen LogP contribution in [0.4, 0.5) is 17.1 Å². The van der Waals surface area contributed by atoms with Gasteiger partial charge in [-0.25, -0.2) is 0 Å². The van der Waals surface area contributed by atoms with E-state index in [1.54, 1.807) is 0 Å². The Hall–Kier alpha value is -5.44. The molecule has 0 unspecified atom stereocenters. The number of hydrogen-bond acceptors (Lipinski definition) is 2. The number of benzene rings is 8. The molecule has 44 heavy (non-hydrogen) atoms. The van der Waals surface area contributed by atoms with Crippen LogP contribution in [0.15, 0.2) is 164 Å². The van der Waals surface area contributed by atoms with Gasteiger partial charge >= 0.3 is 0 Å². The molecule has 1 heterocycles. The first-order valence-corrected chi connectivity index (χ1v) is 15.8. The third-order valence-electron chi connectivity index (χ3n) is 8.82. The minimum absolute atomic E-state index is 1.14. The number of hydrogen-bond donors (Lipinski definition) is 0. The molecule has 2 heteroatoms. The average Bonchev–Trinajstić information content (AvgIpc) is 3.48. The van der Waals surface area contributed by atoms with E-state index in [0.717, 1.165) is 11.4 Å². The van der Waals surface area contributed by atoms with Gasteiger partial charge in [0.05, 0.1) is 10.4 Å². The van der Waals surface area contributed by atoms with Crippen LogP contribution in [0.2, 0.25) is 0 Å². The van der Waals surface area contributed by atoms with Crippen molar-refractivity contribution in [1.29, 1.82) is 0 Å². The molecule has 0 bridgehead atoms. The molecule has 206 valence electrons. The minimum atomic E-state index is 1.14. The summed E-state index contributed by atoms with van der Waals surface area (Å²) in [6.45, 7) is 0. The molecule has 0 aliphatic rings. The zero-order chi connectivity index (χ0) is 29.0. The molecule has 9 rings (SSSR count). The second-order valence-electron chi connectivity index (χ2n) is 11.4. The summed E-state index contributed by atoms with van der Waals surface area (Å²) in [5.74, 6) is 0. The van der Waals surface area contributed by atoms with Gasteiger partial charge in [0.1, 0.15) is 0 Å². The second kappa shape index (κ2) is 10.1. The Morgan fingerprint density at radius 3 is 1.89 bits per heavy atom. The molecular formula is C42H27NS. The molecular weight excluding hydrogens is 551 g/mol. The van der Waals surface area contributed by atoms with Crippen LogP contribution < -0.4 is 4.90 Å². The first-order chi connectivity index (χ1) is 21.8. The number of anilines is 3. The Bertz CT molecular complexity index is 2490. The molecule has 0 saturated carbocycles. The van der Waals surface area contributed by atoms with E-state index in [0.29, 0.717) is 0 Å². The lowest BCUT2D eigenvalue weighted by molar-refractivity contribution is 1.31. The maximum absolute atomic E-state index is 2.43. The lowest BCUT2D eigenvalue weighted by Gasteiger charge is -2.27. The van der Waals surface area contributed by atoms with Gasteiger partial charge in [-0.15, -0.1) is 11.3 Å². The number of thiophene rings is 1. The van der Waals surface area contributed by atoms with Gasteiger partial charge in [-0.2, -0.15) is 0 Å². The van der Waals surface area contributed by atoms with Crippen molar-refractivity contribution in [3.8, 4) is 11.1 Å². The van der Waals surface area contributed by atoms with Crippen LogP contribution in [0.25, 0.3) is 63.6 Å². The Morgan fingerprint density at radius 1 is 0.386 bits per heavy atom. The van der Waals surface area contributed by atoms with E-state index in [-0.39, 0.29) is 0 Å². The fourth-order valence-corrected chi connectivity index (χ4v) is 7.94. The Morgan fingerprint density at radius 2 is 1.02 bits per heavy atom. The quantitative estimate of drug-likeness (QED) is 0.188. The van der Waals surface area contributed by atoms with Crippen molar-refractivity contribution >= 4 is 80.9 Å². The molecule has 0 N–H and O–H groups in total. The largest absolute Gasteiger partial charge is 0.309 e. The summed E-state index contributed by atoms with van der Waals surface area (Å²) < 4.78 is 2.61. The van der Waals surface area contributed by atoms with Gasteiger partial charge in [0, 0.05) is 26.8 Å². The fraction of sp³-hybridized carbons (Fsp3) is 0. The van der Waals surface area contributed by atoms with E-state index in [9.17, 15) is 0 Å². The highest BCUT2D eigenvalue weighted by Gasteiger charge is 2.19. The number of nitrogens with zero attached hydrogens (tertiary/aromatic N) is 1. The van der Waals surface area contributed by atoms with Gasteiger partial charge in [0.2, 0.25) is 0 Å². The Balaban J connectivity index is 1.28. The van der Waals surface area contributed by atoms with E-state index >= 15 is 0 Å². The molecule has 9 aromatic rings. The summed E-state index contributed by atoms with van der Waals surface area (Å²) in [7, 11) is 0. The maximum Gasteiger partial charge on any atom is 0.0640 e. The van der Waals surface area contributed by atoms with Gasteiger partial charge in [-0.3, -0.25) is 0 Å². The number of fused-ring (bicyclic) bond motifs is 8. The molecule has 0 spiro atoms. The van der Waals surface area contributed by atoms with Crippen molar-refractivity contribution in [1.82, 2.24) is 0 Å². The van der Waals surface area contributed by atoms with Gasteiger partial charge < -0.3 is 4.90 Å². The van der Waals surface area contributed by atoms with Crippen LogP contribution >= 0.6 is 11.3 Å². The van der Waals surface area contributed by atoms with Crippen LogP contribution in [0.3, 0.4) is 0 Å². The molecule has 0 atom stereocenters. The summed E-state index contributed by atoms with van der Waals surface area (Å²) >= 11 is 1.87. The fourth-order valence-electron chi connectivity index (χ4n) is 6.73. The summed E-state index contributed by atoms with van der Waals surface area (Å²) in [6, 6.07) is 59.7. The molecule has 8 aromatic carbocycles. The molecule has 0 amide bonds. The molecule has 0 aliphatic heterocycles. The lowest BCUT2D eigenvalue weighted by Crippen LogP contribution is -2.10. The zero-order valence-corrected chi connectivity index (χ0v) is 24.8. The monoisotopic (exact) mass is 577 g/mol. The molecule has 0 fully saturated rings. The maximum atomic E-state index is 2.43. The summed E-state index contributed by atoms with van der Waals surface area (Å²) in [5, 5.41) is 10.3. The Kier molecular flexibility index (Phi) is 5.75. The second-order valence-corrected chi connectivity index (χ2v) is 12.4. The van der Waals surface area contributed by atoms with Crippen molar-refractivity contribution in [2.24, 2.45) is 0 Å².